The van der Waals surface area contributed by atoms with Crippen LogP contribution in [0.25, 0.3) is 82.8 Å². The quantitative estimate of drug-likeness (QED) is 0.162. The monoisotopic (exact) mass is 742 g/mol. The minimum Gasteiger partial charge on any atom is -0.455 e. The second kappa shape index (κ2) is 13.8. The van der Waals surface area contributed by atoms with Crippen LogP contribution in [0.3, 0.4) is 0 Å². The van der Waals surface area contributed by atoms with Crippen molar-refractivity contribution in [3.05, 3.63) is 218 Å². The molecule has 2 heterocycles. The van der Waals surface area contributed by atoms with Crippen molar-refractivity contribution in [2.75, 3.05) is 4.90 Å². The standard InChI is InChI=1S/C55H38N2O/c1-37-33-41(38-17-5-2-6-18-38)34-48(39-19-7-3-8-20-39)54(37)56(42-21-9-4-10-22-42)44-35-49(55-50(36-44)47-25-13-16-28-53(47)58-55)40-29-31-43(32-30-40)57-51-26-14-11-23-45(51)46-24-12-15-27-52(46)57/h2-36H,1H3. The van der Waals surface area contributed by atoms with Crippen LogP contribution in [0.5, 0.6) is 0 Å². The molecule has 0 unspecified atom stereocenters. The fourth-order valence-electron chi connectivity index (χ4n) is 8.84. The average molecular weight is 743 g/mol. The van der Waals surface area contributed by atoms with E-state index in [0.717, 1.165) is 66.9 Å². The van der Waals surface area contributed by atoms with E-state index in [9.17, 15) is 0 Å². The Balaban J connectivity index is 1.15. The lowest BCUT2D eigenvalue weighted by atomic mass is 9.92. The zero-order valence-corrected chi connectivity index (χ0v) is 32.0. The summed E-state index contributed by atoms with van der Waals surface area (Å²) in [6.07, 6.45) is 0. The first-order valence-corrected chi connectivity index (χ1v) is 19.8. The molecule has 0 radical (unpaired) electrons. The Bertz CT molecular complexity index is 3220. The summed E-state index contributed by atoms with van der Waals surface area (Å²) in [6.45, 7) is 2.24. The smallest absolute Gasteiger partial charge is 0.143 e. The summed E-state index contributed by atoms with van der Waals surface area (Å²) in [4.78, 5) is 2.43. The Morgan fingerprint density at radius 3 is 1.62 bits per heavy atom. The predicted molar refractivity (Wildman–Crippen MR) is 244 cm³/mol. The van der Waals surface area contributed by atoms with Gasteiger partial charge in [0.25, 0.3) is 0 Å². The van der Waals surface area contributed by atoms with E-state index < -0.39 is 0 Å². The van der Waals surface area contributed by atoms with E-state index in [1.165, 1.54) is 38.5 Å². The summed E-state index contributed by atoms with van der Waals surface area (Å²) in [5.74, 6) is 0. The van der Waals surface area contributed by atoms with Gasteiger partial charge < -0.3 is 13.9 Å². The van der Waals surface area contributed by atoms with Gasteiger partial charge in [0.05, 0.1) is 16.7 Å². The molecule has 9 aromatic carbocycles. The summed E-state index contributed by atoms with van der Waals surface area (Å²) >= 11 is 0. The van der Waals surface area contributed by atoms with Crippen molar-refractivity contribution in [2.24, 2.45) is 0 Å². The zero-order chi connectivity index (χ0) is 38.6. The number of fused-ring (bicyclic) bond motifs is 6. The minimum atomic E-state index is 0.873. The first-order chi connectivity index (χ1) is 28.7. The fourth-order valence-corrected chi connectivity index (χ4v) is 8.84. The third-order valence-electron chi connectivity index (χ3n) is 11.5. The summed E-state index contributed by atoms with van der Waals surface area (Å²) in [7, 11) is 0. The molecule has 0 saturated heterocycles. The van der Waals surface area contributed by atoms with E-state index in [0.29, 0.717) is 0 Å². The molecule has 58 heavy (non-hydrogen) atoms. The van der Waals surface area contributed by atoms with Crippen LogP contribution in [0.2, 0.25) is 0 Å². The van der Waals surface area contributed by atoms with Crippen LogP contribution in [-0.2, 0) is 0 Å². The SMILES string of the molecule is Cc1cc(-c2ccccc2)cc(-c2ccccc2)c1N(c1ccccc1)c1cc(-c2ccc(-n3c4ccccc4c4ccccc43)cc2)c2oc3ccccc3c2c1. The van der Waals surface area contributed by atoms with Crippen LogP contribution in [0.1, 0.15) is 5.56 Å². The van der Waals surface area contributed by atoms with E-state index in [-0.39, 0.29) is 0 Å². The molecule has 11 aromatic rings. The van der Waals surface area contributed by atoms with Gasteiger partial charge in [0.1, 0.15) is 11.2 Å². The van der Waals surface area contributed by atoms with Gasteiger partial charge in [0, 0.05) is 49.7 Å². The van der Waals surface area contributed by atoms with Crippen LogP contribution in [0.4, 0.5) is 17.1 Å². The van der Waals surface area contributed by atoms with Gasteiger partial charge in [-0.05, 0) is 101 Å². The molecule has 0 bridgehead atoms. The molecule has 0 fully saturated rings. The number of rotatable bonds is 7. The maximum Gasteiger partial charge on any atom is 0.143 e. The Hall–Kier alpha value is -7.62. The molecule has 3 heteroatoms. The summed E-state index contributed by atoms with van der Waals surface area (Å²) in [5, 5.41) is 4.67. The third kappa shape index (κ3) is 5.59. The molecule has 11 rings (SSSR count). The molecule has 3 nitrogen and oxygen atoms in total. The number of aromatic nitrogens is 1. The minimum absolute atomic E-state index is 0.873. The lowest BCUT2D eigenvalue weighted by Gasteiger charge is -2.30. The predicted octanol–water partition coefficient (Wildman–Crippen LogP) is 15.5. The number of anilines is 3. The van der Waals surface area contributed by atoms with Crippen molar-refractivity contribution in [3.63, 3.8) is 0 Å². The normalized spacial score (nSPS) is 11.5. The highest BCUT2D eigenvalue weighted by molar-refractivity contribution is 6.12. The van der Waals surface area contributed by atoms with E-state index >= 15 is 0 Å². The maximum atomic E-state index is 6.76. The average Bonchev–Trinajstić information content (AvgIpc) is 3.84. The Kier molecular flexibility index (Phi) is 8.04. The van der Waals surface area contributed by atoms with Crippen LogP contribution in [0.15, 0.2) is 217 Å². The topological polar surface area (TPSA) is 21.3 Å². The van der Waals surface area contributed by atoms with Crippen molar-refractivity contribution in [1.29, 1.82) is 0 Å². The molecular formula is C55H38N2O. The van der Waals surface area contributed by atoms with E-state index in [4.69, 9.17) is 4.42 Å². The largest absolute Gasteiger partial charge is 0.455 e. The van der Waals surface area contributed by atoms with Gasteiger partial charge in [-0.25, -0.2) is 0 Å². The number of nitrogens with zero attached hydrogens (tertiary/aromatic N) is 2. The first-order valence-electron chi connectivity index (χ1n) is 19.8. The van der Waals surface area contributed by atoms with E-state index in [2.05, 4.69) is 223 Å². The first kappa shape index (κ1) is 33.7. The molecule has 0 aliphatic heterocycles. The van der Waals surface area contributed by atoms with E-state index in [1.54, 1.807) is 0 Å². The number of furan rings is 1. The Morgan fingerprint density at radius 1 is 0.397 bits per heavy atom. The van der Waals surface area contributed by atoms with Gasteiger partial charge in [-0.3, -0.25) is 0 Å². The molecule has 0 aliphatic carbocycles. The van der Waals surface area contributed by atoms with Gasteiger partial charge in [-0.15, -0.1) is 0 Å². The molecule has 0 N–H and O–H groups in total. The molecular weight excluding hydrogens is 705 g/mol. The highest BCUT2D eigenvalue weighted by Gasteiger charge is 2.24. The zero-order valence-electron chi connectivity index (χ0n) is 32.0. The van der Waals surface area contributed by atoms with Gasteiger partial charge >= 0.3 is 0 Å². The van der Waals surface area contributed by atoms with Crippen LogP contribution in [-0.4, -0.2) is 4.57 Å². The highest BCUT2D eigenvalue weighted by Crippen LogP contribution is 2.48. The maximum absolute atomic E-state index is 6.76. The molecule has 0 saturated carbocycles. The highest BCUT2D eigenvalue weighted by atomic mass is 16.3. The van der Waals surface area contributed by atoms with Crippen LogP contribution >= 0.6 is 0 Å². The summed E-state index contributed by atoms with van der Waals surface area (Å²) in [5.41, 5.74) is 16.5. The van der Waals surface area contributed by atoms with Gasteiger partial charge in [-0.2, -0.15) is 0 Å². The second-order valence-corrected chi connectivity index (χ2v) is 15.0. The number of hydrogen-bond donors (Lipinski definition) is 0. The fraction of sp³-hybridized carbons (Fsp3) is 0.0182. The van der Waals surface area contributed by atoms with Crippen molar-refractivity contribution in [3.8, 4) is 39.1 Å². The number of aryl methyl sites for hydroxylation is 1. The molecule has 0 atom stereocenters. The lowest BCUT2D eigenvalue weighted by Crippen LogP contribution is -2.13. The molecule has 0 aliphatic rings. The Morgan fingerprint density at radius 2 is 0.948 bits per heavy atom. The molecule has 0 spiro atoms. The third-order valence-corrected chi connectivity index (χ3v) is 11.5. The summed E-state index contributed by atoms with van der Waals surface area (Å²) in [6, 6.07) is 76.2. The number of benzene rings is 9. The van der Waals surface area contributed by atoms with Crippen LogP contribution in [0, 0.1) is 6.92 Å². The van der Waals surface area contributed by atoms with Crippen molar-refractivity contribution < 1.29 is 4.42 Å². The second-order valence-electron chi connectivity index (χ2n) is 15.0. The van der Waals surface area contributed by atoms with Crippen molar-refractivity contribution in [2.45, 2.75) is 6.92 Å². The molecule has 0 amide bonds. The van der Waals surface area contributed by atoms with E-state index in [1.807, 2.05) is 6.07 Å². The van der Waals surface area contributed by atoms with Crippen molar-refractivity contribution in [1.82, 2.24) is 4.57 Å². The van der Waals surface area contributed by atoms with Crippen molar-refractivity contribution >= 4 is 60.8 Å². The molecule has 274 valence electrons. The number of para-hydroxylation sites is 4. The lowest BCUT2D eigenvalue weighted by molar-refractivity contribution is 0.670. The molecule has 2 aromatic heterocycles. The summed E-state index contributed by atoms with van der Waals surface area (Å²) < 4.78 is 9.13. The number of hydrogen-bond acceptors (Lipinski definition) is 2. The van der Waals surface area contributed by atoms with Crippen LogP contribution < -0.4 is 4.90 Å². The van der Waals surface area contributed by atoms with Gasteiger partial charge in [0.15, 0.2) is 0 Å². The Labute approximate surface area is 337 Å². The van der Waals surface area contributed by atoms with Gasteiger partial charge in [-0.1, -0.05) is 146 Å². The van der Waals surface area contributed by atoms with Gasteiger partial charge in [0.2, 0.25) is 0 Å².